The molecule has 116 valence electrons. The van der Waals surface area contributed by atoms with Crippen LogP contribution in [0.4, 0.5) is 17.6 Å². The van der Waals surface area contributed by atoms with Crippen molar-refractivity contribution in [2.45, 2.75) is 23.0 Å². The van der Waals surface area contributed by atoms with Crippen LogP contribution in [0.2, 0.25) is 0 Å². The first-order valence-electron chi connectivity index (χ1n) is 6.03. The molecule has 0 saturated carbocycles. The van der Waals surface area contributed by atoms with Gasteiger partial charge in [0.05, 0.1) is 18.1 Å². The molecule has 0 amide bonds. The molecule has 9 heteroatoms. The van der Waals surface area contributed by atoms with E-state index in [4.69, 9.17) is 9.47 Å². The van der Waals surface area contributed by atoms with E-state index < -0.39 is 55.8 Å². The quantitative estimate of drug-likeness (QED) is 0.617. The Kier molecular flexibility index (Phi) is 3.26. The molecule has 0 bridgehead atoms. The highest BCUT2D eigenvalue weighted by atomic mass is 32.2. The number of hydrogen-bond donors (Lipinski definition) is 0. The molecule has 1 heterocycles. The van der Waals surface area contributed by atoms with Crippen molar-refractivity contribution in [3.8, 4) is 0 Å². The topological polar surface area (TPSA) is 52.6 Å². The molecular formula is C12H10F4O4S. The maximum absolute atomic E-state index is 14.2. The minimum atomic E-state index is -4.48. The highest BCUT2D eigenvalue weighted by molar-refractivity contribution is 7.91. The number of sulfone groups is 1. The molecule has 1 aliphatic heterocycles. The van der Waals surface area contributed by atoms with Gasteiger partial charge in [-0.15, -0.1) is 0 Å². The SMILES string of the molecule is O=S(=O)(CF)c1ccc(F)c2c1C1(OCCO1)C(F)C2F. The second-order valence-corrected chi connectivity index (χ2v) is 6.61. The predicted molar refractivity (Wildman–Crippen MR) is 61.9 cm³/mol. The first-order valence-corrected chi connectivity index (χ1v) is 7.68. The van der Waals surface area contributed by atoms with Gasteiger partial charge in [0.15, 0.2) is 18.3 Å². The number of halogens is 4. The normalized spacial score (nSPS) is 27.2. The number of fused-ring (bicyclic) bond motifs is 2. The molecule has 0 radical (unpaired) electrons. The summed E-state index contributed by atoms with van der Waals surface area (Å²) in [7, 11) is -4.48. The van der Waals surface area contributed by atoms with Crippen LogP contribution in [-0.4, -0.2) is 33.8 Å². The van der Waals surface area contributed by atoms with Gasteiger partial charge in [0.25, 0.3) is 0 Å². The van der Waals surface area contributed by atoms with Crippen LogP contribution in [0.25, 0.3) is 0 Å². The summed E-state index contributed by atoms with van der Waals surface area (Å²) in [6.07, 6.45) is -4.88. The van der Waals surface area contributed by atoms with Crippen LogP contribution in [-0.2, 0) is 25.1 Å². The lowest BCUT2D eigenvalue weighted by Gasteiger charge is -2.26. The third-order valence-electron chi connectivity index (χ3n) is 3.59. The average Bonchev–Trinajstić information content (AvgIpc) is 3.02. The number of benzene rings is 1. The molecule has 4 nitrogen and oxygen atoms in total. The third kappa shape index (κ3) is 1.84. The van der Waals surface area contributed by atoms with E-state index in [-0.39, 0.29) is 13.2 Å². The Morgan fingerprint density at radius 3 is 2.43 bits per heavy atom. The molecule has 1 aromatic carbocycles. The fourth-order valence-corrected chi connectivity index (χ4v) is 3.69. The Morgan fingerprint density at radius 1 is 1.24 bits per heavy atom. The monoisotopic (exact) mass is 326 g/mol. The summed E-state index contributed by atoms with van der Waals surface area (Å²) in [6.45, 7) is -0.226. The van der Waals surface area contributed by atoms with Gasteiger partial charge >= 0.3 is 0 Å². The molecule has 1 saturated heterocycles. The first kappa shape index (κ1) is 14.7. The summed E-state index contributed by atoms with van der Waals surface area (Å²) >= 11 is 0. The summed E-state index contributed by atoms with van der Waals surface area (Å²) in [5.74, 6) is -3.47. The molecule has 1 aromatic rings. The van der Waals surface area contributed by atoms with Crippen molar-refractivity contribution in [2.75, 3.05) is 19.2 Å². The summed E-state index contributed by atoms with van der Waals surface area (Å²) in [6, 6.07) is -0.357. The zero-order chi connectivity index (χ0) is 15.4. The van der Waals surface area contributed by atoms with E-state index in [1.54, 1.807) is 0 Å². The van der Waals surface area contributed by atoms with Gasteiger partial charge in [-0.25, -0.2) is 26.0 Å². The number of alkyl halides is 3. The van der Waals surface area contributed by atoms with Crippen LogP contribution in [0, 0.1) is 5.82 Å². The lowest BCUT2D eigenvalue weighted by atomic mass is 10.1. The van der Waals surface area contributed by atoms with Crippen LogP contribution in [0.1, 0.15) is 17.3 Å². The van der Waals surface area contributed by atoms with Gasteiger partial charge in [0.2, 0.25) is 15.6 Å². The van der Waals surface area contributed by atoms with Gasteiger partial charge in [-0.2, -0.15) is 0 Å². The van der Waals surface area contributed by atoms with Gasteiger partial charge in [-0.05, 0) is 12.1 Å². The van der Waals surface area contributed by atoms with Gasteiger partial charge < -0.3 is 9.47 Å². The summed E-state index contributed by atoms with van der Waals surface area (Å²) in [5, 5.41) is 0. The fourth-order valence-electron chi connectivity index (χ4n) is 2.73. The number of rotatable bonds is 2. The Labute approximate surface area is 117 Å². The largest absolute Gasteiger partial charge is 0.341 e. The Morgan fingerprint density at radius 2 is 1.86 bits per heavy atom. The summed E-state index contributed by atoms with van der Waals surface area (Å²) < 4.78 is 88.5. The highest BCUT2D eigenvalue weighted by Crippen LogP contribution is 2.54. The number of ether oxygens (including phenoxy) is 2. The van der Waals surface area contributed by atoms with E-state index >= 15 is 0 Å². The minimum Gasteiger partial charge on any atom is -0.341 e. The lowest BCUT2D eigenvalue weighted by molar-refractivity contribution is -0.213. The van der Waals surface area contributed by atoms with E-state index in [1.807, 2.05) is 0 Å². The van der Waals surface area contributed by atoms with Crippen LogP contribution in [0.3, 0.4) is 0 Å². The smallest absolute Gasteiger partial charge is 0.232 e. The molecule has 1 aliphatic carbocycles. The van der Waals surface area contributed by atoms with E-state index in [2.05, 4.69) is 0 Å². The minimum absolute atomic E-state index is 0.113. The fraction of sp³-hybridized carbons (Fsp3) is 0.500. The predicted octanol–water partition coefficient (Wildman–Crippen LogP) is 2.09. The molecule has 1 spiro atoms. The van der Waals surface area contributed by atoms with Crippen molar-refractivity contribution in [2.24, 2.45) is 0 Å². The van der Waals surface area contributed by atoms with Crippen molar-refractivity contribution in [3.05, 3.63) is 29.1 Å². The second-order valence-electron chi connectivity index (χ2n) is 4.73. The molecule has 21 heavy (non-hydrogen) atoms. The Bertz CT molecular complexity index is 685. The standard InChI is InChI=1S/C12H10F4O4S/c13-5-21(17,18)7-2-1-6(14)8-9(7)12(11(16)10(8)15)19-3-4-20-12/h1-2,10-11H,3-5H2. The molecule has 2 aliphatic rings. The maximum Gasteiger partial charge on any atom is 0.232 e. The van der Waals surface area contributed by atoms with Crippen LogP contribution in [0.5, 0.6) is 0 Å². The molecule has 3 rings (SSSR count). The first-order chi connectivity index (χ1) is 9.85. The van der Waals surface area contributed by atoms with Crippen molar-refractivity contribution >= 4 is 9.84 Å². The maximum atomic E-state index is 14.2. The van der Waals surface area contributed by atoms with Crippen LogP contribution >= 0.6 is 0 Å². The molecule has 1 fully saturated rings. The van der Waals surface area contributed by atoms with Crippen LogP contribution < -0.4 is 0 Å². The molecule has 0 aromatic heterocycles. The molecule has 0 N–H and O–H groups in total. The molecular weight excluding hydrogens is 316 g/mol. The van der Waals surface area contributed by atoms with Crippen LogP contribution in [0.15, 0.2) is 17.0 Å². The second kappa shape index (κ2) is 4.65. The number of hydrogen-bond acceptors (Lipinski definition) is 4. The van der Waals surface area contributed by atoms with Gasteiger partial charge in [0.1, 0.15) is 5.82 Å². The van der Waals surface area contributed by atoms with E-state index in [9.17, 15) is 26.0 Å². The highest BCUT2D eigenvalue weighted by Gasteiger charge is 2.61. The lowest BCUT2D eigenvalue weighted by Crippen LogP contribution is -2.36. The van der Waals surface area contributed by atoms with E-state index in [0.29, 0.717) is 6.07 Å². The van der Waals surface area contributed by atoms with Crippen molar-refractivity contribution in [3.63, 3.8) is 0 Å². The zero-order valence-electron chi connectivity index (χ0n) is 10.5. The van der Waals surface area contributed by atoms with Gasteiger partial charge in [-0.3, -0.25) is 0 Å². The third-order valence-corrected chi connectivity index (χ3v) is 4.89. The average molecular weight is 326 g/mol. The Balaban J connectivity index is 2.36. The van der Waals surface area contributed by atoms with Crippen molar-refractivity contribution in [1.29, 1.82) is 0 Å². The van der Waals surface area contributed by atoms with E-state index in [1.165, 1.54) is 0 Å². The summed E-state index contributed by atoms with van der Waals surface area (Å²) in [5.41, 5.74) is -1.41. The van der Waals surface area contributed by atoms with Crippen molar-refractivity contribution < 1.29 is 35.5 Å². The molecule has 2 atom stereocenters. The zero-order valence-corrected chi connectivity index (χ0v) is 11.3. The summed E-state index contributed by atoms with van der Waals surface area (Å²) in [4.78, 5) is -0.717. The Hall–Kier alpha value is -1.19. The van der Waals surface area contributed by atoms with Gasteiger partial charge in [0, 0.05) is 11.1 Å². The molecule has 2 unspecified atom stereocenters. The van der Waals surface area contributed by atoms with E-state index in [0.717, 1.165) is 6.07 Å². The van der Waals surface area contributed by atoms with Gasteiger partial charge in [-0.1, -0.05) is 0 Å². The van der Waals surface area contributed by atoms with Crippen molar-refractivity contribution in [1.82, 2.24) is 0 Å².